The molecule has 188 valence electrons. The first-order valence-corrected chi connectivity index (χ1v) is 12.9. The molecule has 0 saturated carbocycles. The third-order valence-corrected chi connectivity index (χ3v) is 7.98. The molecule has 1 fully saturated rings. The summed E-state index contributed by atoms with van der Waals surface area (Å²) in [6, 6.07) is 5.98. The predicted octanol–water partition coefficient (Wildman–Crippen LogP) is 3.52. The molecule has 8 heteroatoms. The van der Waals surface area contributed by atoms with E-state index in [2.05, 4.69) is 5.32 Å². The Kier molecular flexibility index (Phi) is 10.6. The Hall–Kier alpha value is -1.19. The number of hydrogen-bond acceptors (Lipinski definition) is 7. The number of esters is 1. The molecule has 0 radical (unpaired) electrons. The maximum atomic E-state index is 13.3. The van der Waals surface area contributed by atoms with Crippen LogP contribution in [0.4, 0.5) is 4.39 Å². The van der Waals surface area contributed by atoms with Crippen LogP contribution in [-0.2, 0) is 9.53 Å². The van der Waals surface area contributed by atoms with E-state index in [4.69, 9.17) is 4.74 Å². The topological polar surface area (TPSA) is 99.0 Å². The Morgan fingerprint density at radius 1 is 1.21 bits per heavy atom. The summed E-state index contributed by atoms with van der Waals surface area (Å²) in [5, 5.41) is 36.6. The average Bonchev–Trinajstić information content (AvgIpc) is 2.77. The summed E-state index contributed by atoms with van der Waals surface area (Å²) in [6.07, 6.45) is 1.06. The molecule has 4 N–H and O–H groups in total. The van der Waals surface area contributed by atoms with Crippen LogP contribution in [0.3, 0.4) is 0 Å². The lowest BCUT2D eigenvalue weighted by atomic mass is 9.74. The number of hydrogen-bond donors (Lipinski definition) is 4. The van der Waals surface area contributed by atoms with E-state index in [-0.39, 0.29) is 11.6 Å². The zero-order valence-electron chi connectivity index (χ0n) is 20.2. The van der Waals surface area contributed by atoms with Crippen LogP contribution in [-0.4, -0.2) is 63.5 Å². The summed E-state index contributed by atoms with van der Waals surface area (Å²) in [4.78, 5) is 13.9. The Balaban J connectivity index is 2.31. The van der Waals surface area contributed by atoms with Crippen LogP contribution in [0, 0.1) is 17.7 Å². The summed E-state index contributed by atoms with van der Waals surface area (Å²) in [5.74, 6) is -2.05. The second kappa shape index (κ2) is 12.5. The molecular weight excluding hydrogens is 445 g/mol. The lowest BCUT2D eigenvalue weighted by Gasteiger charge is -2.41. The van der Waals surface area contributed by atoms with E-state index in [9.17, 15) is 24.5 Å². The molecule has 1 aliphatic rings. The number of aliphatic hydroxyl groups excluding tert-OH is 1. The highest BCUT2D eigenvalue weighted by Gasteiger charge is 2.46. The van der Waals surface area contributed by atoms with Gasteiger partial charge in [-0.2, -0.15) is 0 Å². The van der Waals surface area contributed by atoms with E-state index in [1.165, 1.54) is 23.9 Å². The number of benzene rings is 1. The zero-order valence-corrected chi connectivity index (χ0v) is 21.0. The first-order chi connectivity index (χ1) is 15.5. The monoisotopic (exact) mass is 485 g/mol. The van der Waals surface area contributed by atoms with Gasteiger partial charge in [-0.3, -0.25) is 4.79 Å². The van der Waals surface area contributed by atoms with Crippen molar-refractivity contribution in [1.29, 1.82) is 0 Å². The third kappa shape index (κ3) is 8.21. The van der Waals surface area contributed by atoms with Gasteiger partial charge < -0.3 is 25.4 Å². The van der Waals surface area contributed by atoms with Gasteiger partial charge in [-0.1, -0.05) is 13.8 Å². The highest BCUT2D eigenvalue weighted by Crippen LogP contribution is 2.39. The molecule has 0 aliphatic carbocycles. The van der Waals surface area contributed by atoms with Crippen molar-refractivity contribution in [3.63, 3.8) is 0 Å². The SMILES string of the molecule is CC[C@H]1OC(=O)C(C)[C@@](O)(CSc2ccc(F)cc2)[C@H](C)C[C@@](C)(O)CCCNCC[C@@H]1O. The molecule has 1 unspecified atom stereocenters. The minimum atomic E-state index is -1.48. The van der Waals surface area contributed by atoms with Crippen LogP contribution < -0.4 is 5.32 Å². The summed E-state index contributed by atoms with van der Waals surface area (Å²) in [6.45, 7) is 8.37. The van der Waals surface area contributed by atoms with Crippen LogP contribution in [0.1, 0.15) is 59.8 Å². The van der Waals surface area contributed by atoms with Crippen molar-refractivity contribution in [2.75, 3.05) is 18.8 Å². The number of cyclic esters (lactones) is 1. The molecule has 1 aliphatic heterocycles. The average molecular weight is 486 g/mol. The van der Waals surface area contributed by atoms with E-state index in [0.29, 0.717) is 38.8 Å². The number of aliphatic hydroxyl groups is 3. The van der Waals surface area contributed by atoms with Gasteiger partial charge in [0.15, 0.2) is 0 Å². The molecule has 6 atom stereocenters. The molecule has 0 bridgehead atoms. The van der Waals surface area contributed by atoms with Gasteiger partial charge in [-0.15, -0.1) is 11.8 Å². The smallest absolute Gasteiger partial charge is 0.311 e. The number of rotatable bonds is 4. The van der Waals surface area contributed by atoms with Crippen molar-refractivity contribution in [1.82, 2.24) is 5.32 Å². The van der Waals surface area contributed by atoms with Gasteiger partial charge in [-0.05, 0) is 89.2 Å². The lowest BCUT2D eigenvalue weighted by Crippen LogP contribution is -2.51. The second-order valence-electron chi connectivity index (χ2n) is 9.65. The molecule has 2 rings (SSSR count). The van der Waals surface area contributed by atoms with Gasteiger partial charge in [0.1, 0.15) is 11.9 Å². The van der Waals surface area contributed by atoms with Gasteiger partial charge in [-0.25, -0.2) is 4.39 Å². The number of ether oxygens (including phenoxy) is 1. The third-order valence-electron chi connectivity index (χ3n) is 6.77. The normalized spacial score (nSPS) is 35.3. The molecule has 6 nitrogen and oxygen atoms in total. The molecule has 1 heterocycles. The van der Waals surface area contributed by atoms with Crippen molar-refractivity contribution < 1.29 is 29.2 Å². The van der Waals surface area contributed by atoms with Crippen molar-refractivity contribution in [3.05, 3.63) is 30.1 Å². The molecule has 1 saturated heterocycles. The zero-order chi connectivity index (χ0) is 24.6. The molecule has 33 heavy (non-hydrogen) atoms. The van der Waals surface area contributed by atoms with Crippen LogP contribution >= 0.6 is 11.8 Å². The number of halogens is 1. The van der Waals surface area contributed by atoms with Crippen molar-refractivity contribution >= 4 is 17.7 Å². The maximum Gasteiger partial charge on any atom is 0.311 e. The van der Waals surface area contributed by atoms with Gasteiger partial charge >= 0.3 is 5.97 Å². The van der Waals surface area contributed by atoms with Gasteiger partial charge in [0.2, 0.25) is 0 Å². The second-order valence-corrected chi connectivity index (χ2v) is 10.7. The fraction of sp³-hybridized carbons (Fsp3) is 0.720. The van der Waals surface area contributed by atoms with Gasteiger partial charge in [0.05, 0.1) is 23.2 Å². The van der Waals surface area contributed by atoms with Crippen LogP contribution in [0.15, 0.2) is 29.2 Å². The van der Waals surface area contributed by atoms with E-state index in [1.54, 1.807) is 26.0 Å². The minimum absolute atomic E-state index is 0.174. The molecule has 0 spiro atoms. The highest BCUT2D eigenvalue weighted by molar-refractivity contribution is 7.99. The molecule has 1 aromatic carbocycles. The largest absolute Gasteiger partial charge is 0.459 e. The number of nitrogens with one attached hydrogen (secondary N) is 1. The van der Waals surface area contributed by atoms with Crippen LogP contribution in [0.25, 0.3) is 0 Å². The number of thioether (sulfide) groups is 1. The predicted molar refractivity (Wildman–Crippen MR) is 129 cm³/mol. The Labute approximate surface area is 201 Å². The standard InChI is InChI=1S/C25H40FNO5S/c1-5-22-21(28)11-14-27-13-6-12-24(4,30)15-17(2)25(31,18(3)23(29)32-22)16-33-20-9-7-19(26)8-10-20/h7-10,17-18,21-22,27-28,30-31H,5-6,11-16H2,1-4H3/t17-,18?,21+,22-,24+,25-/m1/s1. The molecule has 0 amide bonds. The Bertz CT molecular complexity index is 747. The van der Waals surface area contributed by atoms with E-state index >= 15 is 0 Å². The molecular formula is C25H40FNO5S. The van der Waals surface area contributed by atoms with Crippen molar-refractivity contribution in [2.45, 2.75) is 88.1 Å². The summed E-state index contributed by atoms with van der Waals surface area (Å²) < 4.78 is 19.0. The van der Waals surface area contributed by atoms with E-state index < -0.39 is 41.2 Å². The summed E-state index contributed by atoms with van der Waals surface area (Å²) in [5.41, 5.74) is -2.49. The van der Waals surface area contributed by atoms with E-state index in [1.807, 2.05) is 13.8 Å². The Morgan fingerprint density at radius 3 is 2.52 bits per heavy atom. The number of carbonyl (C=O) groups is 1. The first-order valence-electron chi connectivity index (χ1n) is 11.9. The van der Waals surface area contributed by atoms with E-state index in [0.717, 1.165) is 11.3 Å². The Morgan fingerprint density at radius 2 is 1.88 bits per heavy atom. The molecule has 1 aromatic rings. The van der Waals surface area contributed by atoms with Crippen molar-refractivity contribution in [3.8, 4) is 0 Å². The van der Waals surface area contributed by atoms with Gasteiger partial charge in [0.25, 0.3) is 0 Å². The lowest BCUT2D eigenvalue weighted by molar-refractivity contribution is -0.172. The maximum absolute atomic E-state index is 13.3. The first kappa shape index (κ1) is 28.1. The minimum Gasteiger partial charge on any atom is -0.459 e. The van der Waals surface area contributed by atoms with Crippen LogP contribution in [0.2, 0.25) is 0 Å². The fourth-order valence-corrected chi connectivity index (χ4v) is 5.67. The highest BCUT2D eigenvalue weighted by atomic mass is 32.2. The van der Waals surface area contributed by atoms with Gasteiger partial charge in [0, 0.05) is 10.6 Å². The molecule has 0 aromatic heterocycles. The quantitative estimate of drug-likeness (QED) is 0.383. The van der Waals surface area contributed by atoms with Crippen molar-refractivity contribution in [2.24, 2.45) is 11.8 Å². The fourth-order valence-electron chi connectivity index (χ4n) is 4.41. The summed E-state index contributed by atoms with van der Waals surface area (Å²) >= 11 is 1.33. The van der Waals surface area contributed by atoms with Crippen LogP contribution in [0.5, 0.6) is 0 Å². The number of carbonyl (C=O) groups excluding carboxylic acids is 1. The summed E-state index contributed by atoms with van der Waals surface area (Å²) in [7, 11) is 0.